The number of nitrogens with one attached hydrogen (secondary N) is 3. The molecular weight excluding hydrogens is 460 g/mol. The fourth-order valence-electron chi connectivity index (χ4n) is 5.04. The SMILES string of the molecule is Cc1cccc([C@H](C)NC(=O)c2cn(C)c3ccc(-c4ccc5c(NC(=O)C6CC6)c[nH]c5c4)cc23)c1. The first-order valence-corrected chi connectivity index (χ1v) is 12.8. The van der Waals surface area contributed by atoms with Crippen LogP contribution in [-0.2, 0) is 11.8 Å². The Balaban J connectivity index is 1.30. The Morgan fingerprint density at radius 3 is 2.57 bits per heavy atom. The molecule has 1 fully saturated rings. The summed E-state index contributed by atoms with van der Waals surface area (Å²) in [6.07, 6.45) is 5.71. The van der Waals surface area contributed by atoms with Gasteiger partial charge in [-0.2, -0.15) is 0 Å². The Bertz CT molecular complexity index is 1670. The molecule has 0 aliphatic heterocycles. The molecule has 3 aromatic carbocycles. The van der Waals surface area contributed by atoms with Gasteiger partial charge in [0.1, 0.15) is 0 Å². The molecule has 1 aliphatic carbocycles. The first kappa shape index (κ1) is 23.1. The van der Waals surface area contributed by atoms with Crippen LogP contribution in [-0.4, -0.2) is 21.4 Å². The molecule has 0 spiro atoms. The number of aromatic nitrogens is 2. The summed E-state index contributed by atoms with van der Waals surface area (Å²) in [7, 11) is 1.96. The predicted octanol–water partition coefficient (Wildman–Crippen LogP) is 6.47. The van der Waals surface area contributed by atoms with E-state index in [9.17, 15) is 9.59 Å². The Labute approximate surface area is 215 Å². The number of hydrogen-bond donors (Lipinski definition) is 3. The molecule has 0 bridgehead atoms. The maximum atomic E-state index is 13.3. The van der Waals surface area contributed by atoms with Crippen molar-refractivity contribution < 1.29 is 9.59 Å². The highest BCUT2D eigenvalue weighted by molar-refractivity contribution is 6.08. The molecule has 6 heteroatoms. The van der Waals surface area contributed by atoms with Gasteiger partial charge in [0.2, 0.25) is 5.91 Å². The van der Waals surface area contributed by atoms with Gasteiger partial charge in [-0.3, -0.25) is 9.59 Å². The summed E-state index contributed by atoms with van der Waals surface area (Å²) in [5.41, 5.74) is 7.76. The van der Waals surface area contributed by atoms with Crippen molar-refractivity contribution in [1.82, 2.24) is 14.9 Å². The molecule has 0 unspecified atom stereocenters. The molecule has 1 aliphatic rings. The van der Waals surface area contributed by atoms with E-state index in [2.05, 4.69) is 65.0 Å². The van der Waals surface area contributed by atoms with Gasteiger partial charge >= 0.3 is 0 Å². The van der Waals surface area contributed by atoms with Crippen LogP contribution in [0.4, 0.5) is 5.69 Å². The van der Waals surface area contributed by atoms with Gasteiger partial charge in [0.15, 0.2) is 0 Å². The molecule has 2 amide bonds. The number of carbonyl (C=O) groups is 2. The van der Waals surface area contributed by atoms with Gasteiger partial charge in [0.25, 0.3) is 5.91 Å². The van der Waals surface area contributed by atoms with Crippen LogP contribution in [0.2, 0.25) is 0 Å². The van der Waals surface area contributed by atoms with E-state index in [1.54, 1.807) is 0 Å². The first-order chi connectivity index (χ1) is 17.9. The minimum absolute atomic E-state index is 0.0902. The molecule has 0 saturated heterocycles. The van der Waals surface area contributed by atoms with Crippen molar-refractivity contribution in [3.05, 3.63) is 89.7 Å². The molecule has 1 atom stereocenters. The van der Waals surface area contributed by atoms with E-state index in [0.29, 0.717) is 5.56 Å². The van der Waals surface area contributed by atoms with E-state index in [4.69, 9.17) is 0 Å². The van der Waals surface area contributed by atoms with Gasteiger partial charge in [-0.15, -0.1) is 0 Å². The van der Waals surface area contributed by atoms with Crippen molar-refractivity contribution in [2.75, 3.05) is 5.32 Å². The summed E-state index contributed by atoms with van der Waals surface area (Å²) in [6, 6.07) is 20.5. The zero-order valence-corrected chi connectivity index (χ0v) is 21.3. The van der Waals surface area contributed by atoms with Gasteiger partial charge in [-0.1, -0.05) is 48.0 Å². The minimum Gasteiger partial charge on any atom is -0.359 e. The number of aromatic amines is 1. The van der Waals surface area contributed by atoms with E-state index in [1.165, 1.54) is 5.56 Å². The minimum atomic E-state index is -0.101. The number of hydrogen-bond acceptors (Lipinski definition) is 2. The lowest BCUT2D eigenvalue weighted by Crippen LogP contribution is -2.26. The van der Waals surface area contributed by atoms with Crippen molar-refractivity contribution in [2.24, 2.45) is 13.0 Å². The molecule has 37 heavy (non-hydrogen) atoms. The number of fused-ring (bicyclic) bond motifs is 2. The molecule has 6 rings (SSSR count). The first-order valence-electron chi connectivity index (χ1n) is 12.8. The summed E-state index contributed by atoms with van der Waals surface area (Å²) in [6.45, 7) is 4.07. The van der Waals surface area contributed by atoms with Crippen LogP contribution in [0.5, 0.6) is 0 Å². The Morgan fingerprint density at radius 1 is 1.00 bits per heavy atom. The van der Waals surface area contributed by atoms with Crippen molar-refractivity contribution in [3.8, 4) is 11.1 Å². The van der Waals surface area contributed by atoms with E-state index in [-0.39, 0.29) is 23.8 Å². The average molecular weight is 491 g/mol. The van der Waals surface area contributed by atoms with Crippen LogP contribution in [0.3, 0.4) is 0 Å². The fourth-order valence-corrected chi connectivity index (χ4v) is 5.04. The third-order valence-corrected chi connectivity index (χ3v) is 7.34. The zero-order chi connectivity index (χ0) is 25.7. The number of H-pyrrole nitrogens is 1. The smallest absolute Gasteiger partial charge is 0.253 e. The molecular formula is C31H30N4O2. The van der Waals surface area contributed by atoms with Crippen molar-refractivity contribution in [2.45, 2.75) is 32.7 Å². The topological polar surface area (TPSA) is 78.9 Å². The van der Waals surface area contributed by atoms with Crippen LogP contribution in [0.1, 0.15) is 47.3 Å². The second-order valence-electron chi connectivity index (χ2n) is 10.2. The fraction of sp³-hybridized carbons (Fsp3) is 0.226. The van der Waals surface area contributed by atoms with Gasteiger partial charge in [-0.05, 0) is 61.6 Å². The second-order valence-corrected chi connectivity index (χ2v) is 10.2. The van der Waals surface area contributed by atoms with Crippen molar-refractivity contribution in [3.63, 3.8) is 0 Å². The third kappa shape index (κ3) is 4.40. The number of amides is 2. The largest absolute Gasteiger partial charge is 0.359 e. The summed E-state index contributed by atoms with van der Waals surface area (Å²) >= 11 is 0. The van der Waals surface area contributed by atoms with E-state index < -0.39 is 0 Å². The summed E-state index contributed by atoms with van der Waals surface area (Å²) in [5.74, 6) is 0.169. The molecule has 2 heterocycles. The summed E-state index contributed by atoms with van der Waals surface area (Å²) in [5, 5.41) is 8.12. The maximum Gasteiger partial charge on any atom is 0.253 e. The molecule has 6 nitrogen and oxygen atoms in total. The second kappa shape index (κ2) is 8.96. The maximum absolute atomic E-state index is 13.3. The molecule has 1 saturated carbocycles. The third-order valence-electron chi connectivity index (χ3n) is 7.34. The number of anilines is 1. The lowest BCUT2D eigenvalue weighted by molar-refractivity contribution is -0.117. The average Bonchev–Trinajstić information content (AvgIpc) is 3.60. The van der Waals surface area contributed by atoms with E-state index in [1.807, 2.05) is 49.1 Å². The standard InChI is InChI=1S/C31H30N4O2/c1-18-5-4-6-21(13-18)19(2)33-31(37)26-17-35(3)29-12-10-22(14-25(26)29)23-9-11-24-27(15-23)32-16-28(24)34-30(36)20-7-8-20/h4-6,9-17,19-20,32H,7-8H2,1-3H3,(H,33,37)(H,34,36)/t19-/m0/s1. The summed E-state index contributed by atoms with van der Waals surface area (Å²) < 4.78 is 1.99. The highest BCUT2D eigenvalue weighted by Crippen LogP contribution is 2.34. The number of benzene rings is 3. The predicted molar refractivity (Wildman–Crippen MR) is 149 cm³/mol. The van der Waals surface area contributed by atoms with Gasteiger partial charge in [-0.25, -0.2) is 0 Å². The molecule has 0 radical (unpaired) electrons. The Kier molecular flexibility index (Phi) is 5.60. The molecule has 5 aromatic rings. The zero-order valence-electron chi connectivity index (χ0n) is 21.3. The number of carbonyl (C=O) groups excluding carboxylic acids is 2. The van der Waals surface area contributed by atoms with Crippen LogP contribution in [0.25, 0.3) is 32.9 Å². The highest BCUT2D eigenvalue weighted by atomic mass is 16.2. The number of rotatable bonds is 6. The van der Waals surface area contributed by atoms with Gasteiger partial charge < -0.3 is 20.2 Å². The van der Waals surface area contributed by atoms with Gasteiger partial charge in [0, 0.05) is 47.2 Å². The normalized spacial score (nSPS) is 14.1. The van der Waals surface area contributed by atoms with Crippen molar-refractivity contribution in [1.29, 1.82) is 0 Å². The molecule has 186 valence electrons. The van der Waals surface area contributed by atoms with Crippen molar-refractivity contribution >= 4 is 39.3 Å². The highest BCUT2D eigenvalue weighted by Gasteiger charge is 2.30. The monoisotopic (exact) mass is 490 g/mol. The van der Waals surface area contributed by atoms with E-state index in [0.717, 1.165) is 57.0 Å². The lowest BCUT2D eigenvalue weighted by Gasteiger charge is -2.14. The van der Waals surface area contributed by atoms with Crippen LogP contribution in [0, 0.1) is 12.8 Å². The number of aryl methyl sites for hydroxylation is 2. The Morgan fingerprint density at radius 2 is 1.78 bits per heavy atom. The van der Waals surface area contributed by atoms with Crippen LogP contribution < -0.4 is 10.6 Å². The molecule has 2 aromatic heterocycles. The van der Waals surface area contributed by atoms with Gasteiger partial charge in [0.05, 0.1) is 17.3 Å². The van der Waals surface area contributed by atoms with E-state index >= 15 is 0 Å². The van der Waals surface area contributed by atoms with Crippen LogP contribution >= 0.6 is 0 Å². The summed E-state index contributed by atoms with van der Waals surface area (Å²) in [4.78, 5) is 28.9. The number of nitrogens with zero attached hydrogens (tertiary/aromatic N) is 1. The Hall–Kier alpha value is -4.32. The van der Waals surface area contributed by atoms with Crippen LogP contribution in [0.15, 0.2) is 73.1 Å². The molecule has 3 N–H and O–H groups in total. The quantitative estimate of drug-likeness (QED) is 0.255. The lowest BCUT2D eigenvalue weighted by atomic mass is 10.0.